The predicted octanol–water partition coefficient (Wildman–Crippen LogP) is 1.73. The first-order chi connectivity index (χ1) is 7.24. The fourth-order valence-corrected chi connectivity index (χ4v) is 2.96. The maximum Gasteiger partial charge on any atom is 0.241 e. The summed E-state index contributed by atoms with van der Waals surface area (Å²) in [6, 6.07) is 0.606. The van der Waals surface area contributed by atoms with Gasteiger partial charge in [0.25, 0.3) is 0 Å². The second-order valence-electron chi connectivity index (χ2n) is 4.99. The summed E-state index contributed by atoms with van der Waals surface area (Å²) in [4.78, 5) is 14.2. The molecule has 0 aromatic heterocycles. The fraction of sp³-hybridized carbons (Fsp3) is 0.917. The van der Waals surface area contributed by atoms with Crippen molar-refractivity contribution >= 4 is 5.91 Å². The Morgan fingerprint density at radius 3 is 2.87 bits per heavy atom. The van der Waals surface area contributed by atoms with Crippen LogP contribution in [0.2, 0.25) is 0 Å². The van der Waals surface area contributed by atoms with Crippen LogP contribution in [0.5, 0.6) is 0 Å². The number of hydrogen-bond donors (Lipinski definition) is 1. The van der Waals surface area contributed by atoms with Crippen molar-refractivity contribution in [3.8, 4) is 0 Å². The normalized spacial score (nSPS) is 36.5. The molecular formula is C12H22N2O. The van der Waals surface area contributed by atoms with Crippen molar-refractivity contribution in [2.24, 2.45) is 5.92 Å². The second-order valence-corrected chi connectivity index (χ2v) is 4.99. The summed E-state index contributed by atoms with van der Waals surface area (Å²) in [5.74, 6) is 1.03. The number of nitrogens with one attached hydrogen (secondary N) is 1. The van der Waals surface area contributed by atoms with E-state index >= 15 is 0 Å². The fourth-order valence-electron chi connectivity index (χ4n) is 2.96. The van der Waals surface area contributed by atoms with Crippen molar-refractivity contribution in [2.75, 3.05) is 6.67 Å². The Kier molecular flexibility index (Phi) is 3.29. The van der Waals surface area contributed by atoms with Crippen molar-refractivity contribution in [1.82, 2.24) is 10.2 Å². The van der Waals surface area contributed by atoms with Crippen molar-refractivity contribution in [3.05, 3.63) is 0 Å². The smallest absolute Gasteiger partial charge is 0.241 e. The van der Waals surface area contributed by atoms with Crippen molar-refractivity contribution in [1.29, 1.82) is 0 Å². The van der Waals surface area contributed by atoms with Crippen LogP contribution in [0, 0.1) is 5.92 Å². The molecule has 3 nitrogen and oxygen atoms in total. The Hall–Kier alpha value is -0.570. The largest absolute Gasteiger partial charge is 0.325 e. The first-order valence-electron chi connectivity index (χ1n) is 6.28. The van der Waals surface area contributed by atoms with Crippen LogP contribution >= 0.6 is 0 Å². The molecule has 3 unspecified atom stereocenters. The number of carbonyl (C=O) groups excluding carboxylic acids is 1. The third-order valence-electron chi connectivity index (χ3n) is 3.88. The molecular weight excluding hydrogens is 188 g/mol. The third-order valence-corrected chi connectivity index (χ3v) is 3.88. The van der Waals surface area contributed by atoms with Gasteiger partial charge in [-0.1, -0.05) is 26.7 Å². The molecule has 1 amide bonds. The lowest BCUT2D eigenvalue weighted by Gasteiger charge is -2.27. The Bertz CT molecular complexity index is 242. The van der Waals surface area contributed by atoms with Gasteiger partial charge in [-0.05, 0) is 25.2 Å². The van der Waals surface area contributed by atoms with Gasteiger partial charge in [0.2, 0.25) is 5.91 Å². The van der Waals surface area contributed by atoms with E-state index in [1.54, 1.807) is 0 Å². The van der Waals surface area contributed by atoms with E-state index in [-0.39, 0.29) is 6.04 Å². The number of carbonyl (C=O) groups is 1. The molecule has 86 valence electrons. The first kappa shape index (κ1) is 10.9. The maximum absolute atomic E-state index is 12.1. The quantitative estimate of drug-likeness (QED) is 0.769. The molecule has 2 fully saturated rings. The van der Waals surface area contributed by atoms with Crippen molar-refractivity contribution in [2.45, 2.75) is 58.0 Å². The van der Waals surface area contributed by atoms with Crippen LogP contribution in [-0.2, 0) is 4.79 Å². The van der Waals surface area contributed by atoms with E-state index in [4.69, 9.17) is 0 Å². The highest BCUT2D eigenvalue weighted by Gasteiger charge is 2.38. The summed E-state index contributed by atoms with van der Waals surface area (Å²) in [5, 5.41) is 3.33. The molecule has 1 aliphatic heterocycles. The molecule has 0 aromatic rings. The van der Waals surface area contributed by atoms with Crippen LogP contribution < -0.4 is 5.32 Å². The minimum absolute atomic E-state index is 0.0998. The molecule has 2 rings (SSSR count). The maximum atomic E-state index is 12.1. The van der Waals surface area contributed by atoms with Crippen molar-refractivity contribution in [3.63, 3.8) is 0 Å². The van der Waals surface area contributed by atoms with Gasteiger partial charge in [-0.15, -0.1) is 0 Å². The van der Waals surface area contributed by atoms with E-state index in [1.165, 1.54) is 19.3 Å². The molecule has 0 aromatic carbocycles. The summed E-state index contributed by atoms with van der Waals surface area (Å²) in [5.41, 5.74) is 0. The standard InChI is InChI=1S/C12H22N2O/c1-3-5-10-12(15)14(8-13-10)11-7-4-6-9(11)2/h9-11,13H,3-8H2,1-2H3. The molecule has 3 heteroatoms. The van der Waals surface area contributed by atoms with Gasteiger partial charge < -0.3 is 4.90 Å². The van der Waals surface area contributed by atoms with Crippen LogP contribution in [0.25, 0.3) is 0 Å². The van der Waals surface area contributed by atoms with E-state index in [0.29, 0.717) is 17.9 Å². The lowest BCUT2D eigenvalue weighted by molar-refractivity contribution is -0.131. The average Bonchev–Trinajstić information content (AvgIpc) is 2.76. The summed E-state index contributed by atoms with van der Waals surface area (Å²) < 4.78 is 0. The van der Waals surface area contributed by atoms with E-state index in [9.17, 15) is 4.79 Å². The monoisotopic (exact) mass is 210 g/mol. The molecule has 1 saturated carbocycles. The molecule has 1 aliphatic carbocycles. The molecule has 0 radical (unpaired) electrons. The Morgan fingerprint density at radius 2 is 2.27 bits per heavy atom. The van der Waals surface area contributed by atoms with Gasteiger partial charge in [0, 0.05) is 6.04 Å². The molecule has 15 heavy (non-hydrogen) atoms. The topological polar surface area (TPSA) is 32.3 Å². The average molecular weight is 210 g/mol. The third kappa shape index (κ3) is 2.03. The number of hydrogen-bond acceptors (Lipinski definition) is 2. The Labute approximate surface area is 92.2 Å². The number of rotatable bonds is 3. The summed E-state index contributed by atoms with van der Waals surface area (Å²) in [6.07, 6.45) is 5.84. The zero-order chi connectivity index (χ0) is 10.8. The highest BCUT2D eigenvalue weighted by atomic mass is 16.2. The summed E-state index contributed by atoms with van der Waals surface area (Å²) in [6.45, 7) is 5.19. The van der Waals surface area contributed by atoms with Gasteiger partial charge in [0.15, 0.2) is 0 Å². The Morgan fingerprint density at radius 1 is 1.47 bits per heavy atom. The zero-order valence-corrected chi connectivity index (χ0v) is 9.83. The van der Waals surface area contributed by atoms with Crippen molar-refractivity contribution < 1.29 is 4.79 Å². The molecule has 2 aliphatic rings. The lowest BCUT2D eigenvalue weighted by atomic mass is 10.0. The van der Waals surface area contributed by atoms with Gasteiger partial charge >= 0.3 is 0 Å². The van der Waals surface area contributed by atoms with Crippen LogP contribution in [0.4, 0.5) is 0 Å². The molecule has 1 saturated heterocycles. The highest BCUT2D eigenvalue weighted by Crippen LogP contribution is 2.31. The van der Waals surface area contributed by atoms with Crippen LogP contribution in [0.3, 0.4) is 0 Å². The predicted molar refractivity (Wildman–Crippen MR) is 60.3 cm³/mol. The van der Waals surface area contributed by atoms with E-state index < -0.39 is 0 Å². The minimum Gasteiger partial charge on any atom is -0.325 e. The van der Waals surface area contributed by atoms with Gasteiger partial charge in [-0.25, -0.2) is 0 Å². The molecule has 0 bridgehead atoms. The second kappa shape index (κ2) is 4.52. The highest BCUT2D eigenvalue weighted by molar-refractivity contribution is 5.84. The SMILES string of the molecule is CCCC1NCN(C2CCCC2C)C1=O. The molecule has 0 spiro atoms. The lowest BCUT2D eigenvalue weighted by Crippen LogP contribution is -2.40. The first-order valence-corrected chi connectivity index (χ1v) is 6.28. The van der Waals surface area contributed by atoms with E-state index in [2.05, 4.69) is 24.1 Å². The van der Waals surface area contributed by atoms with Crippen LogP contribution in [0.15, 0.2) is 0 Å². The Balaban J connectivity index is 1.97. The van der Waals surface area contributed by atoms with Crippen LogP contribution in [0.1, 0.15) is 46.0 Å². The summed E-state index contributed by atoms with van der Waals surface area (Å²) in [7, 11) is 0. The number of amides is 1. The van der Waals surface area contributed by atoms with Gasteiger partial charge in [-0.3, -0.25) is 10.1 Å². The van der Waals surface area contributed by atoms with Gasteiger partial charge in [-0.2, -0.15) is 0 Å². The van der Waals surface area contributed by atoms with E-state index in [1.807, 2.05) is 0 Å². The van der Waals surface area contributed by atoms with E-state index in [0.717, 1.165) is 19.5 Å². The molecule has 1 N–H and O–H groups in total. The molecule has 3 atom stereocenters. The number of nitrogens with zero attached hydrogens (tertiary/aromatic N) is 1. The minimum atomic E-state index is 0.0998. The van der Waals surface area contributed by atoms with Gasteiger partial charge in [0.1, 0.15) is 0 Å². The van der Waals surface area contributed by atoms with Crippen LogP contribution in [-0.4, -0.2) is 29.6 Å². The summed E-state index contributed by atoms with van der Waals surface area (Å²) >= 11 is 0. The molecule has 1 heterocycles. The zero-order valence-electron chi connectivity index (χ0n) is 9.83. The van der Waals surface area contributed by atoms with Gasteiger partial charge in [0.05, 0.1) is 12.7 Å².